The molecule has 1 heterocycles. The van der Waals surface area contributed by atoms with Gasteiger partial charge in [0.1, 0.15) is 0 Å². The Balaban J connectivity index is 2.80. The number of hydrogen-bond donors (Lipinski definition) is 1. The molecule has 0 radical (unpaired) electrons. The Morgan fingerprint density at radius 3 is 2.38 bits per heavy atom. The molecule has 1 N–H and O–H groups in total. The topological polar surface area (TPSA) is 43.8 Å². The molecule has 4 nitrogen and oxygen atoms in total. The van der Waals surface area contributed by atoms with Crippen LogP contribution in [0.15, 0.2) is 0 Å². The van der Waals surface area contributed by atoms with Gasteiger partial charge in [0, 0.05) is 18.6 Å². The fourth-order valence-corrected chi connectivity index (χ4v) is 2.03. The molecule has 0 aromatic rings. The number of likely N-dealkylation sites (N-methyl/N-ethyl adjacent to an activating group) is 2. The van der Waals surface area contributed by atoms with E-state index in [1.165, 1.54) is 0 Å². The summed E-state index contributed by atoms with van der Waals surface area (Å²) < 4.78 is 0. The fraction of sp³-hybridized carbons (Fsp3) is 0.889. The lowest BCUT2D eigenvalue weighted by Crippen LogP contribution is -2.40. The summed E-state index contributed by atoms with van der Waals surface area (Å²) in [4.78, 5) is 15.1. The van der Waals surface area contributed by atoms with Crippen molar-refractivity contribution in [1.29, 1.82) is 0 Å². The highest BCUT2D eigenvalue weighted by atomic mass is 16.4. The van der Waals surface area contributed by atoms with Crippen molar-refractivity contribution in [3.63, 3.8) is 0 Å². The van der Waals surface area contributed by atoms with Gasteiger partial charge in [0.25, 0.3) is 0 Å². The highest BCUT2D eigenvalue weighted by Gasteiger charge is 2.42. The Labute approximate surface area is 79.1 Å². The van der Waals surface area contributed by atoms with Crippen LogP contribution in [-0.2, 0) is 4.79 Å². The standard InChI is InChI=1S/C9H18N2O2/c1-6-8(9(12)13)7(10(2)3)5-11(6)4/h6-8H,5H2,1-4H3,(H,12,13). The van der Waals surface area contributed by atoms with Crippen LogP contribution in [0, 0.1) is 5.92 Å². The molecular weight excluding hydrogens is 168 g/mol. The average molecular weight is 186 g/mol. The first kappa shape index (κ1) is 10.5. The molecule has 0 amide bonds. The number of rotatable bonds is 2. The van der Waals surface area contributed by atoms with Crippen LogP contribution in [0.2, 0.25) is 0 Å². The zero-order valence-electron chi connectivity index (χ0n) is 8.69. The average Bonchev–Trinajstić information content (AvgIpc) is 2.28. The molecule has 1 rings (SSSR count). The van der Waals surface area contributed by atoms with Crippen molar-refractivity contribution >= 4 is 5.97 Å². The van der Waals surface area contributed by atoms with Gasteiger partial charge in [0.15, 0.2) is 0 Å². The van der Waals surface area contributed by atoms with Gasteiger partial charge in [-0.3, -0.25) is 4.79 Å². The number of hydrogen-bond acceptors (Lipinski definition) is 3. The Morgan fingerprint density at radius 1 is 1.54 bits per heavy atom. The van der Waals surface area contributed by atoms with Crippen molar-refractivity contribution in [3.8, 4) is 0 Å². The molecule has 3 unspecified atom stereocenters. The first-order valence-corrected chi connectivity index (χ1v) is 4.54. The molecule has 1 aliphatic rings. The molecule has 0 spiro atoms. The van der Waals surface area contributed by atoms with Crippen LogP contribution in [0.1, 0.15) is 6.92 Å². The van der Waals surface area contributed by atoms with Crippen molar-refractivity contribution in [3.05, 3.63) is 0 Å². The van der Waals surface area contributed by atoms with E-state index in [1.54, 1.807) is 0 Å². The number of nitrogens with zero attached hydrogens (tertiary/aromatic N) is 2. The lowest BCUT2D eigenvalue weighted by atomic mass is 9.97. The molecule has 0 aliphatic carbocycles. The maximum absolute atomic E-state index is 11.0. The minimum absolute atomic E-state index is 0.130. The maximum atomic E-state index is 11.0. The van der Waals surface area contributed by atoms with E-state index < -0.39 is 5.97 Å². The van der Waals surface area contributed by atoms with Crippen LogP contribution < -0.4 is 0 Å². The zero-order chi connectivity index (χ0) is 10.2. The third-order valence-corrected chi connectivity index (χ3v) is 3.05. The van der Waals surface area contributed by atoms with E-state index >= 15 is 0 Å². The van der Waals surface area contributed by atoms with Gasteiger partial charge in [-0.05, 0) is 28.1 Å². The van der Waals surface area contributed by atoms with Gasteiger partial charge in [-0.25, -0.2) is 0 Å². The third-order valence-electron chi connectivity index (χ3n) is 3.05. The molecule has 0 bridgehead atoms. The quantitative estimate of drug-likeness (QED) is 0.657. The van der Waals surface area contributed by atoms with Gasteiger partial charge in [-0.1, -0.05) is 0 Å². The van der Waals surface area contributed by atoms with Crippen LogP contribution in [0.25, 0.3) is 0 Å². The molecule has 0 aromatic carbocycles. The smallest absolute Gasteiger partial charge is 0.309 e. The minimum atomic E-state index is -0.685. The number of carboxylic acid groups (broad SMARTS) is 1. The SMILES string of the molecule is CC1C(C(=O)O)C(N(C)C)CN1C. The van der Waals surface area contributed by atoms with Crippen LogP contribution in [0.5, 0.6) is 0 Å². The van der Waals surface area contributed by atoms with E-state index in [0.717, 1.165) is 6.54 Å². The van der Waals surface area contributed by atoms with Crippen LogP contribution in [-0.4, -0.2) is 60.6 Å². The Kier molecular flexibility index (Phi) is 2.93. The number of carboxylic acids is 1. The van der Waals surface area contributed by atoms with E-state index in [2.05, 4.69) is 4.90 Å². The summed E-state index contributed by atoms with van der Waals surface area (Å²) in [7, 11) is 5.85. The summed E-state index contributed by atoms with van der Waals surface area (Å²) in [6.45, 7) is 2.81. The molecular formula is C9H18N2O2. The first-order valence-electron chi connectivity index (χ1n) is 4.54. The van der Waals surface area contributed by atoms with Crippen molar-refractivity contribution < 1.29 is 9.90 Å². The van der Waals surface area contributed by atoms with E-state index in [1.807, 2.05) is 33.0 Å². The van der Waals surface area contributed by atoms with E-state index in [4.69, 9.17) is 5.11 Å². The normalized spacial score (nSPS) is 35.6. The Morgan fingerprint density at radius 2 is 2.08 bits per heavy atom. The second-order valence-electron chi connectivity index (χ2n) is 4.08. The molecule has 1 aliphatic heterocycles. The zero-order valence-corrected chi connectivity index (χ0v) is 8.69. The third kappa shape index (κ3) is 1.84. The van der Waals surface area contributed by atoms with Crippen LogP contribution >= 0.6 is 0 Å². The molecule has 1 saturated heterocycles. The van der Waals surface area contributed by atoms with Crippen LogP contribution in [0.4, 0.5) is 0 Å². The summed E-state index contributed by atoms with van der Waals surface area (Å²) >= 11 is 0. The van der Waals surface area contributed by atoms with E-state index in [0.29, 0.717) is 0 Å². The van der Waals surface area contributed by atoms with Crippen LogP contribution in [0.3, 0.4) is 0 Å². The second kappa shape index (κ2) is 3.64. The van der Waals surface area contributed by atoms with E-state index in [9.17, 15) is 4.79 Å². The van der Waals surface area contributed by atoms with Crippen molar-refractivity contribution in [2.45, 2.75) is 19.0 Å². The fourth-order valence-electron chi connectivity index (χ4n) is 2.03. The largest absolute Gasteiger partial charge is 0.481 e. The number of aliphatic carboxylic acids is 1. The lowest BCUT2D eigenvalue weighted by Gasteiger charge is -2.23. The molecule has 1 fully saturated rings. The predicted molar refractivity (Wildman–Crippen MR) is 50.7 cm³/mol. The summed E-state index contributed by atoms with van der Waals surface area (Å²) in [5.41, 5.74) is 0. The number of carbonyl (C=O) groups is 1. The van der Waals surface area contributed by atoms with Gasteiger partial charge >= 0.3 is 5.97 Å². The Hall–Kier alpha value is -0.610. The van der Waals surface area contributed by atoms with E-state index in [-0.39, 0.29) is 18.0 Å². The van der Waals surface area contributed by atoms with Gasteiger partial charge in [-0.15, -0.1) is 0 Å². The van der Waals surface area contributed by atoms with Gasteiger partial charge < -0.3 is 14.9 Å². The minimum Gasteiger partial charge on any atom is -0.481 e. The number of likely N-dealkylation sites (tertiary alicyclic amines) is 1. The summed E-state index contributed by atoms with van der Waals surface area (Å²) in [5.74, 6) is -0.949. The van der Waals surface area contributed by atoms with Gasteiger partial charge in [0.05, 0.1) is 5.92 Å². The van der Waals surface area contributed by atoms with Crippen molar-refractivity contribution in [1.82, 2.24) is 9.80 Å². The van der Waals surface area contributed by atoms with Crippen molar-refractivity contribution in [2.75, 3.05) is 27.7 Å². The monoisotopic (exact) mass is 186 g/mol. The summed E-state index contributed by atoms with van der Waals surface area (Å²) in [6, 6.07) is 0.266. The molecule has 4 heteroatoms. The molecule has 76 valence electrons. The second-order valence-corrected chi connectivity index (χ2v) is 4.08. The highest BCUT2D eigenvalue weighted by Crippen LogP contribution is 2.25. The lowest BCUT2D eigenvalue weighted by molar-refractivity contribution is -0.143. The maximum Gasteiger partial charge on any atom is 0.309 e. The molecule has 0 saturated carbocycles. The summed E-state index contributed by atoms with van der Waals surface area (Å²) in [5, 5.41) is 9.07. The first-order chi connectivity index (χ1) is 5.95. The summed E-state index contributed by atoms with van der Waals surface area (Å²) in [6.07, 6.45) is 0. The van der Waals surface area contributed by atoms with Gasteiger partial charge in [-0.2, -0.15) is 0 Å². The Bertz CT molecular complexity index is 206. The predicted octanol–water partition coefficient (Wildman–Crippen LogP) is -0.0487. The van der Waals surface area contributed by atoms with Crippen molar-refractivity contribution in [2.24, 2.45) is 5.92 Å². The molecule has 0 aromatic heterocycles. The molecule has 3 atom stereocenters. The molecule has 13 heavy (non-hydrogen) atoms. The van der Waals surface area contributed by atoms with Gasteiger partial charge in [0.2, 0.25) is 0 Å². The highest BCUT2D eigenvalue weighted by molar-refractivity contribution is 5.72.